The number of rotatable bonds is 6. The molecule has 4 unspecified atom stereocenters. The van der Waals surface area contributed by atoms with E-state index >= 15 is 0 Å². The predicted octanol–water partition coefficient (Wildman–Crippen LogP) is 5.06. The van der Waals surface area contributed by atoms with E-state index in [2.05, 4.69) is 27.7 Å². The van der Waals surface area contributed by atoms with Crippen LogP contribution in [0.2, 0.25) is 0 Å². The molecule has 2 aliphatic rings. The normalized spacial score (nSPS) is 41.1. The molecule has 124 valence electrons. The first-order chi connectivity index (χ1) is 10.1. The van der Waals surface area contributed by atoms with Gasteiger partial charge in [-0.05, 0) is 55.8 Å². The first-order valence-electron chi connectivity index (χ1n) is 9.35. The summed E-state index contributed by atoms with van der Waals surface area (Å²) in [4.78, 5) is 0. The summed E-state index contributed by atoms with van der Waals surface area (Å²) in [6, 6.07) is 0. The van der Waals surface area contributed by atoms with E-state index in [1.165, 1.54) is 38.5 Å². The Labute approximate surface area is 132 Å². The maximum atomic E-state index is 6.34. The summed E-state index contributed by atoms with van der Waals surface area (Å²) in [6.07, 6.45) is 9.95. The molecule has 0 aromatic heterocycles. The second-order valence-electron chi connectivity index (χ2n) is 7.70. The molecule has 2 rings (SSSR count). The Kier molecular flexibility index (Phi) is 7.01. The van der Waals surface area contributed by atoms with Gasteiger partial charge >= 0.3 is 0 Å². The summed E-state index contributed by atoms with van der Waals surface area (Å²) in [5.74, 6) is 3.01. The molecule has 0 N–H and O–H groups in total. The SMILES string of the molecule is CCCOC1CCC(OCC2CCC(C)CC2)C(C)C1C. The molecule has 0 saturated heterocycles. The quantitative estimate of drug-likeness (QED) is 0.682. The van der Waals surface area contributed by atoms with Gasteiger partial charge in [0.1, 0.15) is 0 Å². The predicted molar refractivity (Wildman–Crippen MR) is 88.5 cm³/mol. The zero-order valence-corrected chi connectivity index (χ0v) is 14.6. The fourth-order valence-corrected chi connectivity index (χ4v) is 4.03. The monoisotopic (exact) mass is 296 g/mol. The lowest BCUT2D eigenvalue weighted by molar-refractivity contribution is -0.0987. The van der Waals surface area contributed by atoms with Gasteiger partial charge in [-0.1, -0.05) is 40.5 Å². The topological polar surface area (TPSA) is 18.5 Å². The third-order valence-corrected chi connectivity index (χ3v) is 5.96. The molecule has 0 bridgehead atoms. The fraction of sp³-hybridized carbons (Fsp3) is 1.00. The molecule has 21 heavy (non-hydrogen) atoms. The van der Waals surface area contributed by atoms with Crippen molar-refractivity contribution in [2.75, 3.05) is 13.2 Å². The van der Waals surface area contributed by atoms with Crippen LogP contribution in [0.15, 0.2) is 0 Å². The highest BCUT2D eigenvalue weighted by Crippen LogP contribution is 2.35. The van der Waals surface area contributed by atoms with Gasteiger partial charge in [0.15, 0.2) is 0 Å². The van der Waals surface area contributed by atoms with E-state index in [4.69, 9.17) is 9.47 Å². The molecule has 2 saturated carbocycles. The van der Waals surface area contributed by atoms with Crippen LogP contribution in [0, 0.1) is 23.7 Å². The minimum Gasteiger partial charge on any atom is -0.378 e. The second-order valence-corrected chi connectivity index (χ2v) is 7.70. The first-order valence-corrected chi connectivity index (χ1v) is 9.35. The number of ether oxygens (including phenoxy) is 2. The molecular formula is C19H36O2. The third kappa shape index (κ3) is 4.96. The highest BCUT2D eigenvalue weighted by molar-refractivity contribution is 4.85. The average Bonchev–Trinajstić information content (AvgIpc) is 2.49. The van der Waals surface area contributed by atoms with Gasteiger partial charge in [-0.3, -0.25) is 0 Å². The Morgan fingerprint density at radius 1 is 0.762 bits per heavy atom. The zero-order valence-electron chi connectivity index (χ0n) is 14.6. The van der Waals surface area contributed by atoms with E-state index in [9.17, 15) is 0 Å². The number of hydrogen-bond acceptors (Lipinski definition) is 2. The van der Waals surface area contributed by atoms with Crippen molar-refractivity contribution in [3.05, 3.63) is 0 Å². The van der Waals surface area contributed by atoms with Crippen molar-refractivity contribution in [3.63, 3.8) is 0 Å². The molecule has 2 fully saturated rings. The maximum Gasteiger partial charge on any atom is 0.0605 e. The minimum atomic E-state index is 0.454. The van der Waals surface area contributed by atoms with Gasteiger partial charge in [0, 0.05) is 13.2 Å². The van der Waals surface area contributed by atoms with Gasteiger partial charge in [0.25, 0.3) is 0 Å². The van der Waals surface area contributed by atoms with Crippen molar-refractivity contribution >= 4 is 0 Å². The molecule has 0 heterocycles. The zero-order chi connectivity index (χ0) is 15.2. The van der Waals surface area contributed by atoms with Gasteiger partial charge in [0.05, 0.1) is 12.2 Å². The summed E-state index contributed by atoms with van der Waals surface area (Å²) < 4.78 is 12.4. The summed E-state index contributed by atoms with van der Waals surface area (Å²) in [5, 5.41) is 0. The second kappa shape index (κ2) is 8.53. The van der Waals surface area contributed by atoms with E-state index in [-0.39, 0.29) is 0 Å². The van der Waals surface area contributed by atoms with E-state index in [0.29, 0.717) is 24.0 Å². The van der Waals surface area contributed by atoms with Crippen molar-refractivity contribution in [1.29, 1.82) is 0 Å². The average molecular weight is 296 g/mol. The van der Waals surface area contributed by atoms with Crippen molar-refractivity contribution in [2.45, 2.75) is 84.8 Å². The standard InChI is InChI=1S/C19H36O2/c1-5-12-20-18-10-11-19(16(4)15(18)3)21-13-17-8-6-14(2)7-9-17/h14-19H,5-13H2,1-4H3. The van der Waals surface area contributed by atoms with Gasteiger partial charge in [0.2, 0.25) is 0 Å². The Bertz CT molecular complexity index is 283. The van der Waals surface area contributed by atoms with Crippen LogP contribution < -0.4 is 0 Å². The van der Waals surface area contributed by atoms with E-state index < -0.39 is 0 Å². The minimum absolute atomic E-state index is 0.454. The van der Waals surface area contributed by atoms with E-state index in [1.54, 1.807) is 0 Å². The van der Waals surface area contributed by atoms with Crippen LogP contribution in [0.3, 0.4) is 0 Å². The van der Waals surface area contributed by atoms with Crippen LogP contribution >= 0.6 is 0 Å². The molecule has 0 amide bonds. The molecule has 2 heteroatoms. The molecule has 4 atom stereocenters. The largest absolute Gasteiger partial charge is 0.378 e. The lowest BCUT2D eigenvalue weighted by Gasteiger charge is -2.40. The van der Waals surface area contributed by atoms with Crippen LogP contribution in [0.25, 0.3) is 0 Å². The van der Waals surface area contributed by atoms with Gasteiger partial charge in [-0.2, -0.15) is 0 Å². The summed E-state index contributed by atoms with van der Waals surface area (Å²) >= 11 is 0. The molecule has 0 spiro atoms. The fourth-order valence-electron chi connectivity index (χ4n) is 4.03. The first kappa shape index (κ1) is 17.3. The summed E-state index contributed by atoms with van der Waals surface area (Å²) in [7, 11) is 0. The van der Waals surface area contributed by atoms with E-state index in [0.717, 1.165) is 31.5 Å². The third-order valence-electron chi connectivity index (χ3n) is 5.96. The van der Waals surface area contributed by atoms with Crippen molar-refractivity contribution < 1.29 is 9.47 Å². The highest BCUT2D eigenvalue weighted by atomic mass is 16.5. The molecule has 2 aliphatic carbocycles. The van der Waals surface area contributed by atoms with Crippen LogP contribution in [0.1, 0.15) is 72.6 Å². The van der Waals surface area contributed by atoms with Crippen molar-refractivity contribution in [1.82, 2.24) is 0 Å². The summed E-state index contributed by atoms with van der Waals surface area (Å²) in [6.45, 7) is 11.2. The van der Waals surface area contributed by atoms with Crippen LogP contribution in [0.5, 0.6) is 0 Å². The lowest BCUT2D eigenvalue weighted by atomic mass is 9.77. The van der Waals surface area contributed by atoms with E-state index in [1.807, 2.05) is 0 Å². The summed E-state index contributed by atoms with van der Waals surface area (Å²) in [5.41, 5.74) is 0. The van der Waals surface area contributed by atoms with Crippen LogP contribution in [-0.2, 0) is 9.47 Å². The van der Waals surface area contributed by atoms with Gasteiger partial charge < -0.3 is 9.47 Å². The molecule has 0 radical (unpaired) electrons. The van der Waals surface area contributed by atoms with Crippen molar-refractivity contribution in [2.24, 2.45) is 23.7 Å². The van der Waals surface area contributed by atoms with Crippen LogP contribution in [0.4, 0.5) is 0 Å². The molecule has 0 aromatic carbocycles. The van der Waals surface area contributed by atoms with Gasteiger partial charge in [-0.25, -0.2) is 0 Å². The lowest BCUT2D eigenvalue weighted by Crippen LogP contribution is -2.41. The smallest absolute Gasteiger partial charge is 0.0605 e. The Hall–Kier alpha value is -0.0800. The van der Waals surface area contributed by atoms with Gasteiger partial charge in [-0.15, -0.1) is 0 Å². The molecule has 0 aromatic rings. The highest BCUT2D eigenvalue weighted by Gasteiger charge is 2.35. The molecule has 2 nitrogen and oxygen atoms in total. The maximum absolute atomic E-state index is 6.34. The van der Waals surface area contributed by atoms with Crippen molar-refractivity contribution in [3.8, 4) is 0 Å². The Balaban J connectivity index is 1.72. The number of hydrogen-bond donors (Lipinski definition) is 0. The molecular weight excluding hydrogens is 260 g/mol. The Morgan fingerprint density at radius 3 is 1.90 bits per heavy atom. The Morgan fingerprint density at radius 2 is 1.33 bits per heavy atom. The molecule has 0 aliphatic heterocycles. The van der Waals surface area contributed by atoms with Crippen LogP contribution in [-0.4, -0.2) is 25.4 Å².